The maximum Gasteiger partial charge on any atom is 0.219 e. The molecule has 1 rings (SSSR count). The SMILES string of the molecule is CC(C)(C)[Si](C)(C)OC[C@@H]1[C@@H]([Si](C)(C)C)N1S(=O)(=O)C(C)(C)C. The number of hydrogen-bond donors (Lipinski definition) is 0. The molecule has 1 fully saturated rings. The lowest BCUT2D eigenvalue weighted by Gasteiger charge is -2.36. The Hall–Kier alpha value is 0.304. The monoisotopic (exact) mass is 379 g/mol. The van der Waals surface area contributed by atoms with Crippen molar-refractivity contribution in [2.45, 2.75) is 95.8 Å². The molecular weight excluding hydrogens is 342 g/mol. The van der Waals surface area contributed by atoms with Crippen molar-refractivity contribution in [2.75, 3.05) is 6.61 Å². The van der Waals surface area contributed by atoms with Crippen molar-refractivity contribution in [1.82, 2.24) is 4.31 Å². The van der Waals surface area contributed by atoms with Crippen LogP contribution in [0, 0.1) is 0 Å². The molecule has 1 heterocycles. The molecule has 1 saturated heterocycles. The van der Waals surface area contributed by atoms with Crippen LogP contribution in [0.15, 0.2) is 0 Å². The van der Waals surface area contributed by atoms with Crippen LogP contribution >= 0.6 is 0 Å². The van der Waals surface area contributed by atoms with E-state index < -0.39 is 31.2 Å². The van der Waals surface area contributed by atoms with Crippen molar-refractivity contribution in [3.63, 3.8) is 0 Å². The summed E-state index contributed by atoms with van der Waals surface area (Å²) in [5.41, 5.74) is 0.163. The summed E-state index contributed by atoms with van der Waals surface area (Å²) >= 11 is 0. The topological polar surface area (TPSA) is 46.4 Å². The molecule has 0 spiro atoms. The normalized spacial score (nSPS) is 27.2. The average Bonchev–Trinajstić information content (AvgIpc) is 2.97. The molecule has 4 nitrogen and oxygen atoms in total. The predicted molar refractivity (Wildman–Crippen MR) is 105 cm³/mol. The van der Waals surface area contributed by atoms with E-state index in [0.717, 1.165) is 0 Å². The molecule has 0 saturated carbocycles. The van der Waals surface area contributed by atoms with Gasteiger partial charge in [0.15, 0.2) is 8.32 Å². The third-order valence-electron chi connectivity index (χ3n) is 5.24. The van der Waals surface area contributed by atoms with Gasteiger partial charge in [0.1, 0.15) is 0 Å². The molecule has 1 aliphatic heterocycles. The second-order valence-corrected chi connectivity index (χ2v) is 23.1. The zero-order valence-electron chi connectivity index (χ0n) is 16.9. The Morgan fingerprint density at radius 1 is 0.957 bits per heavy atom. The van der Waals surface area contributed by atoms with E-state index in [9.17, 15) is 8.42 Å². The Kier molecular flexibility index (Phi) is 5.51. The van der Waals surface area contributed by atoms with Crippen LogP contribution in [-0.4, -0.2) is 52.2 Å². The first-order valence-corrected chi connectivity index (χ1v) is 16.4. The lowest BCUT2D eigenvalue weighted by Crippen LogP contribution is -2.42. The van der Waals surface area contributed by atoms with E-state index in [1.807, 2.05) is 0 Å². The molecule has 3 atom stereocenters. The molecule has 0 aliphatic carbocycles. The number of nitrogens with zero attached hydrogens (tertiary/aromatic N) is 1. The lowest BCUT2D eigenvalue weighted by molar-refractivity contribution is 0.280. The first kappa shape index (κ1) is 21.3. The van der Waals surface area contributed by atoms with E-state index in [4.69, 9.17) is 4.43 Å². The summed E-state index contributed by atoms with van der Waals surface area (Å²) in [6.45, 7) is 23.7. The third-order valence-corrected chi connectivity index (χ3v) is 15.0. The Balaban J connectivity index is 2.98. The van der Waals surface area contributed by atoms with Crippen LogP contribution in [0.3, 0.4) is 0 Å². The minimum atomic E-state index is -3.28. The minimum absolute atomic E-state index is 0.0278. The fraction of sp³-hybridized carbons (Fsp3) is 1.00. The highest BCUT2D eigenvalue weighted by atomic mass is 32.2. The van der Waals surface area contributed by atoms with Crippen molar-refractivity contribution < 1.29 is 12.8 Å². The fourth-order valence-corrected chi connectivity index (χ4v) is 8.86. The van der Waals surface area contributed by atoms with E-state index in [1.165, 1.54) is 0 Å². The van der Waals surface area contributed by atoms with Crippen molar-refractivity contribution in [3.8, 4) is 0 Å². The van der Waals surface area contributed by atoms with Gasteiger partial charge in [0.05, 0.1) is 25.5 Å². The summed E-state index contributed by atoms with van der Waals surface area (Å²) in [7, 11) is -6.74. The van der Waals surface area contributed by atoms with Crippen molar-refractivity contribution in [2.24, 2.45) is 0 Å². The highest BCUT2D eigenvalue weighted by Gasteiger charge is 2.62. The van der Waals surface area contributed by atoms with Gasteiger partial charge in [-0.15, -0.1) is 0 Å². The van der Waals surface area contributed by atoms with E-state index >= 15 is 0 Å². The Morgan fingerprint density at radius 2 is 1.39 bits per heavy atom. The van der Waals surface area contributed by atoms with Crippen molar-refractivity contribution in [1.29, 1.82) is 0 Å². The first-order chi connectivity index (χ1) is 9.84. The highest BCUT2D eigenvalue weighted by molar-refractivity contribution is 7.90. The molecule has 1 unspecified atom stereocenters. The quantitative estimate of drug-likeness (QED) is 0.534. The van der Waals surface area contributed by atoms with Crippen LogP contribution < -0.4 is 0 Å². The van der Waals surface area contributed by atoms with Gasteiger partial charge in [-0.25, -0.2) is 8.42 Å². The van der Waals surface area contributed by atoms with Gasteiger partial charge in [0, 0.05) is 5.67 Å². The zero-order valence-corrected chi connectivity index (χ0v) is 19.8. The maximum absolute atomic E-state index is 12.9. The van der Waals surface area contributed by atoms with Crippen LogP contribution in [0.5, 0.6) is 0 Å². The van der Waals surface area contributed by atoms with Gasteiger partial charge in [0.2, 0.25) is 10.0 Å². The second-order valence-electron chi connectivity index (χ2n) is 10.4. The molecule has 7 heteroatoms. The molecule has 0 radical (unpaired) electrons. The molecule has 0 aromatic heterocycles. The van der Waals surface area contributed by atoms with Crippen molar-refractivity contribution >= 4 is 26.4 Å². The molecule has 0 bridgehead atoms. The molecule has 138 valence electrons. The Bertz CT molecular complexity index is 539. The van der Waals surface area contributed by atoms with Crippen LogP contribution in [0.4, 0.5) is 0 Å². The smallest absolute Gasteiger partial charge is 0.219 e. The summed E-state index contributed by atoms with van der Waals surface area (Å²) < 4.78 is 33.2. The third kappa shape index (κ3) is 4.29. The lowest BCUT2D eigenvalue weighted by atomic mass is 10.2. The van der Waals surface area contributed by atoms with E-state index in [-0.39, 0.29) is 16.7 Å². The highest BCUT2D eigenvalue weighted by Crippen LogP contribution is 2.44. The largest absolute Gasteiger partial charge is 0.415 e. The molecule has 0 aromatic rings. The first-order valence-electron chi connectivity index (χ1n) is 8.51. The fourth-order valence-electron chi connectivity index (χ4n) is 2.53. The van der Waals surface area contributed by atoms with Crippen LogP contribution in [0.25, 0.3) is 0 Å². The van der Waals surface area contributed by atoms with E-state index in [0.29, 0.717) is 6.61 Å². The number of hydrogen-bond acceptors (Lipinski definition) is 3. The Labute approximate surface area is 146 Å². The van der Waals surface area contributed by atoms with Gasteiger partial charge in [-0.3, -0.25) is 0 Å². The van der Waals surface area contributed by atoms with Crippen LogP contribution in [0.1, 0.15) is 41.5 Å². The van der Waals surface area contributed by atoms with E-state index in [2.05, 4.69) is 53.5 Å². The summed E-state index contributed by atoms with van der Waals surface area (Å²) in [6.07, 6.45) is 0. The molecule has 23 heavy (non-hydrogen) atoms. The van der Waals surface area contributed by atoms with Crippen LogP contribution in [-0.2, 0) is 14.4 Å². The molecule has 1 aliphatic rings. The summed E-state index contributed by atoms with van der Waals surface area (Å²) in [5.74, 6) is 0. The molecule has 0 N–H and O–H groups in total. The Morgan fingerprint density at radius 3 is 1.70 bits per heavy atom. The number of sulfonamides is 1. The minimum Gasteiger partial charge on any atom is -0.415 e. The van der Waals surface area contributed by atoms with Gasteiger partial charge in [-0.1, -0.05) is 40.4 Å². The van der Waals surface area contributed by atoms with Crippen LogP contribution in [0.2, 0.25) is 37.8 Å². The standard InChI is InChI=1S/C16H37NO3SSi2/c1-15(2,3)21(18,19)17-13(14(17)22(7,8)9)12-20-23(10,11)16(4,5)6/h13-14H,12H2,1-11H3/t13-,14-,17?/m1/s1. The predicted octanol–water partition coefficient (Wildman–Crippen LogP) is 4.07. The average molecular weight is 380 g/mol. The van der Waals surface area contributed by atoms with Gasteiger partial charge < -0.3 is 4.43 Å². The summed E-state index contributed by atoms with van der Waals surface area (Å²) in [4.78, 5) is 0. The van der Waals surface area contributed by atoms with Gasteiger partial charge in [-0.2, -0.15) is 4.31 Å². The summed E-state index contributed by atoms with van der Waals surface area (Å²) in [6, 6.07) is 0.0278. The molecular formula is C16H37NO3SSi2. The van der Waals surface area contributed by atoms with Gasteiger partial charge in [-0.05, 0) is 38.9 Å². The number of rotatable bonds is 5. The van der Waals surface area contributed by atoms with Gasteiger partial charge in [0.25, 0.3) is 0 Å². The van der Waals surface area contributed by atoms with E-state index in [1.54, 1.807) is 25.1 Å². The maximum atomic E-state index is 12.9. The second kappa shape index (κ2) is 5.93. The zero-order chi connectivity index (χ0) is 18.6. The summed E-state index contributed by atoms with van der Waals surface area (Å²) in [5, 5.41) is 0.143. The van der Waals surface area contributed by atoms with Gasteiger partial charge >= 0.3 is 0 Å². The van der Waals surface area contributed by atoms with Crippen molar-refractivity contribution in [3.05, 3.63) is 0 Å². The molecule has 0 amide bonds. The molecule has 0 aromatic carbocycles.